The first kappa shape index (κ1) is 16.7. The Morgan fingerprint density at radius 1 is 1.54 bits per heavy atom. The fourth-order valence-corrected chi connectivity index (χ4v) is 3.14. The first-order valence-electron chi connectivity index (χ1n) is 7.61. The summed E-state index contributed by atoms with van der Waals surface area (Å²) in [6.45, 7) is 2.52. The lowest BCUT2D eigenvalue weighted by Crippen LogP contribution is -2.37. The minimum Gasteiger partial charge on any atom is -0.480 e. The highest BCUT2D eigenvalue weighted by molar-refractivity contribution is 6.32. The van der Waals surface area contributed by atoms with Crippen LogP contribution in [0.2, 0.25) is 5.02 Å². The molecular weight excluding hydrogens is 332 g/mol. The number of carbonyl (C=O) groups excluding carboxylic acids is 1. The molecule has 2 aromatic heterocycles. The van der Waals surface area contributed by atoms with Gasteiger partial charge in [-0.1, -0.05) is 11.6 Å². The van der Waals surface area contributed by atoms with Gasteiger partial charge in [-0.2, -0.15) is 5.10 Å². The number of hydrogen-bond acceptors (Lipinski definition) is 5. The molecule has 2 aromatic rings. The summed E-state index contributed by atoms with van der Waals surface area (Å²) in [7, 11) is 3.34. The number of carbonyl (C=O) groups is 1. The molecule has 0 saturated carbocycles. The Kier molecular flexibility index (Phi) is 4.73. The molecule has 0 aliphatic carbocycles. The molecule has 0 aromatic carbocycles. The second-order valence-electron chi connectivity index (χ2n) is 5.72. The number of ether oxygens (including phenoxy) is 2. The van der Waals surface area contributed by atoms with E-state index in [4.69, 9.17) is 21.1 Å². The number of aromatic nitrogens is 3. The van der Waals surface area contributed by atoms with E-state index in [1.54, 1.807) is 10.7 Å². The number of aryl methyl sites for hydroxylation is 2. The van der Waals surface area contributed by atoms with Gasteiger partial charge in [0.25, 0.3) is 5.91 Å². The zero-order valence-corrected chi connectivity index (χ0v) is 14.5. The first-order valence-corrected chi connectivity index (χ1v) is 7.99. The van der Waals surface area contributed by atoms with Crippen molar-refractivity contribution in [1.29, 1.82) is 0 Å². The van der Waals surface area contributed by atoms with E-state index in [0.29, 0.717) is 23.1 Å². The fraction of sp³-hybridized carbons (Fsp3) is 0.438. The smallest absolute Gasteiger partial charge is 0.253 e. The molecule has 24 heavy (non-hydrogen) atoms. The number of amides is 1. The van der Waals surface area contributed by atoms with Crippen LogP contribution in [0, 0.1) is 6.92 Å². The molecule has 0 bridgehead atoms. The summed E-state index contributed by atoms with van der Waals surface area (Å²) < 4.78 is 12.6. The van der Waals surface area contributed by atoms with E-state index >= 15 is 0 Å². The summed E-state index contributed by atoms with van der Waals surface area (Å²) in [4.78, 5) is 16.5. The molecule has 0 radical (unpaired) electrons. The predicted octanol–water partition coefficient (Wildman–Crippen LogP) is 2.05. The first-order chi connectivity index (χ1) is 11.5. The van der Waals surface area contributed by atoms with Gasteiger partial charge in [0.05, 0.1) is 24.4 Å². The third-order valence-corrected chi connectivity index (χ3v) is 4.30. The van der Waals surface area contributed by atoms with Crippen LogP contribution in [-0.4, -0.2) is 40.4 Å². The molecule has 1 amide bonds. The Labute approximate surface area is 144 Å². The Morgan fingerprint density at radius 3 is 2.96 bits per heavy atom. The van der Waals surface area contributed by atoms with Crippen molar-refractivity contribution in [3.05, 3.63) is 40.3 Å². The van der Waals surface area contributed by atoms with Gasteiger partial charge in [0.15, 0.2) is 0 Å². The molecule has 1 aliphatic rings. The van der Waals surface area contributed by atoms with Gasteiger partial charge in [-0.15, -0.1) is 0 Å². The number of nitrogens with zero attached hydrogens (tertiary/aromatic N) is 3. The Morgan fingerprint density at radius 2 is 2.33 bits per heavy atom. The van der Waals surface area contributed by atoms with Crippen LogP contribution < -0.4 is 10.1 Å². The van der Waals surface area contributed by atoms with E-state index in [1.165, 1.54) is 13.3 Å². The molecule has 0 spiro atoms. The lowest BCUT2D eigenvalue weighted by molar-refractivity contribution is 0.0819. The number of nitrogens with one attached hydrogen (secondary N) is 1. The SMILES string of the molecule is COc1ncc(C(=O)N[C@H]2CCO[C@@H]2c2cn(C)nc2C)cc1Cl. The maximum Gasteiger partial charge on any atom is 0.253 e. The highest BCUT2D eigenvalue weighted by atomic mass is 35.5. The quantitative estimate of drug-likeness (QED) is 0.913. The van der Waals surface area contributed by atoms with Crippen LogP contribution in [0.1, 0.15) is 34.1 Å². The standard InChI is InChI=1S/C16H19ClN4O3/c1-9-11(8-21(2)20-9)14-13(4-5-24-14)19-15(22)10-6-12(17)16(23-3)18-7-10/h6-8,13-14H,4-5H2,1-3H3,(H,19,22)/t13-,14+/m0/s1. The number of rotatable bonds is 4. The third kappa shape index (κ3) is 3.22. The normalized spacial score (nSPS) is 20.2. The minimum absolute atomic E-state index is 0.124. The molecular formula is C16H19ClN4O3. The maximum atomic E-state index is 12.5. The van der Waals surface area contributed by atoms with Gasteiger partial charge < -0.3 is 14.8 Å². The average Bonchev–Trinajstić information content (AvgIpc) is 3.12. The Hall–Kier alpha value is -2.12. The second-order valence-corrected chi connectivity index (χ2v) is 6.13. The van der Waals surface area contributed by atoms with Gasteiger partial charge in [0.2, 0.25) is 5.88 Å². The van der Waals surface area contributed by atoms with Gasteiger partial charge in [0, 0.05) is 31.6 Å². The molecule has 7 nitrogen and oxygen atoms in total. The van der Waals surface area contributed by atoms with Crippen molar-refractivity contribution in [2.24, 2.45) is 7.05 Å². The lowest BCUT2D eigenvalue weighted by Gasteiger charge is -2.19. The van der Waals surface area contributed by atoms with Crippen molar-refractivity contribution in [3.63, 3.8) is 0 Å². The van der Waals surface area contributed by atoms with Crippen molar-refractivity contribution in [2.45, 2.75) is 25.5 Å². The Balaban J connectivity index is 1.76. The topological polar surface area (TPSA) is 78.3 Å². The molecule has 1 saturated heterocycles. The van der Waals surface area contributed by atoms with Crippen molar-refractivity contribution in [1.82, 2.24) is 20.1 Å². The van der Waals surface area contributed by atoms with Crippen LogP contribution in [0.5, 0.6) is 5.88 Å². The maximum absolute atomic E-state index is 12.5. The summed E-state index contributed by atoms with van der Waals surface area (Å²) in [5.74, 6) is 0.0513. The molecule has 2 atom stereocenters. The van der Waals surface area contributed by atoms with Crippen molar-refractivity contribution in [3.8, 4) is 5.88 Å². The largest absolute Gasteiger partial charge is 0.480 e. The van der Waals surface area contributed by atoms with Crippen molar-refractivity contribution in [2.75, 3.05) is 13.7 Å². The van der Waals surface area contributed by atoms with Crippen LogP contribution in [0.3, 0.4) is 0 Å². The predicted molar refractivity (Wildman–Crippen MR) is 88.3 cm³/mol. The van der Waals surface area contributed by atoms with Crippen LogP contribution in [0.4, 0.5) is 0 Å². The number of methoxy groups -OCH3 is 1. The summed E-state index contributed by atoms with van der Waals surface area (Å²) in [5.41, 5.74) is 2.28. The number of pyridine rings is 1. The second kappa shape index (κ2) is 6.78. The van der Waals surface area contributed by atoms with Crippen molar-refractivity contribution < 1.29 is 14.3 Å². The van der Waals surface area contributed by atoms with Crippen LogP contribution in [0.25, 0.3) is 0 Å². The molecule has 8 heteroatoms. The summed E-state index contributed by atoms with van der Waals surface area (Å²) in [6.07, 6.45) is 3.91. The van der Waals surface area contributed by atoms with Gasteiger partial charge >= 0.3 is 0 Å². The summed E-state index contributed by atoms with van der Waals surface area (Å²) >= 11 is 6.04. The average molecular weight is 351 g/mol. The van der Waals surface area contributed by atoms with E-state index in [1.807, 2.05) is 20.2 Å². The van der Waals surface area contributed by atoms with E-state index in [-0.39, 0.29) is 18.1 Å². The van der Waals surface area contributed by atoms with E-state index in [9.17, 15) is 4.79 Å². The van der Waals surface area contributed by atoms with Crippen LogP contribution in [-0.2, 0) is 11.8 Å². The van der Waals surface area contributed by atoms with Gasteiger partial charge in [-0.25, -0.2) is 4.98 Å². The van der Waals surface area contributed by atoms with E-state index in [2.05, 4.69) is 15.4 Å². The van der Waals surface area contributed by atoms with Gasteiger partial charge in [-0.3, -0.25) is 9.48 Å². The molecule has 1 N–H and O–H groups in total. The minimum atomic E-state index is -0.242. The number of halogens is 1. The monoisotopic (exact) mass is 350 g/mol. The highest BCUT2D eigenvalue weighted by Gasteiger charge is 2.33. The van der Waals surface area contributed by atoms with E-state index in [0.717, 1.165) is 17.7 Å². The number of hydrogen-bond donors (Lipinski definition) is 1. The van der Waals surface area contributed by atoms with Crippen LogP contribution in [0.15, 0.2) is 18.5 Å². The summed E-state index contributed by atoms with van der Waals surface area (Å²) in [5, 5.41) is 7.64. The Bertz CT molecular complexity index is 762. The molecule has 128 valence electrons. The van der Waals surface area contributed by atoms with E-state index < -0.39 is 0 Å². The molecule has 3 heterocycles. The summed E-state index contributed by atoms with van der Waals surface area (Å²) in [6, 6.07) is 1.42. The fourth-order valence-electron chi connectivity index (χ4n) is 2.89. The third-order valence-electron chi connectivity index (χ3n) is 4.03. The lowest BCUT2D eigenvalue weighted by atomic mass is 10.0. The zero-order valence-electron chi connectivity index (χ0n) is 13.7. The zero-order chi connectivity index (χ0) is 17.3. The van der Waals surface area contributed by atoms with Gasteiger partial charge in [0.1, 0.15) is 11.1 Å². The van der Waals surface area contributed by atoms with Crippen molar-refractivity contribution >= 4 is 17.5 Å². The van der Waals surface area contributed by atoms with Crippen LogP contribution >= 0.6 is 11.6 Å². The molecule has 1 aliphatic heterocycles. The van der Waals surface area contributed by atoms with Gasteiger partial charge in [-0.05, 0) is 19.4 Å². The molecule has 0 unspecified atom stereocenters. The molecule has 1 fully saturated rings. The highest BCUT2D eigenvalue weighted by Crippen LogP contribution is 2.31. The molecule has 3 rings (SSSR count).